The number of hydrogen-bond donors (Lipinski definition) is 2. The van der Waals surface area contributed by atoms with Gasteiger partial charge in [-0.1, -0.05) is 71.4 Å². The van der Waals surface area contributed by atoms with Crippen LogP contribution in [-0.4, -0.2) is 26.8 Å². The summed E-state index contributed by atoms with van der Waals surface area (Å²) in [5.74, 6) is -0.257. The number of H-pyrrole nitrogens is 1. The Bertz CT molecular complexity index is 1050. The number of benzene rings is 2. The number of rotatable bonds is 6. The Kier molecular flexibility index (Phi) is 6.86. The lowest BCUT2D eigenvalue weighted by molar-refractivity contribution is -0.113. The second-order valence-corrected chi connectivity index (χ2v) is 7.42. The second-order valence-electron chi connectivity index (χ2n) is 5.58. The van der Waals surface area contributed by atoms with Gasteiger partial charge in [-0.3, -0.25) is 14.6 Å². The maximum atomic E-state index is 12.1. The Balaban J connectivity index is 1.59. The van der Waals surface area contributed by atoms with E-state index in [1.165, 1.54) is 0 Å². The van der Waals surface area contributed by atoms with E-state index in [-0.39, 0.29) is 28.1 Å². The zero-order valence-corrected chi connectivity index (χ0v) is 16.7. The molecule has 2 N–H and O–H groups in total. The van der Waals surface area contributed by atoms with Crippen LogP contribution in [0.1, 0.15) is 11.3 Å². The van der Waals surface area contributed by atoms with E-state index in [0.29, 0.717) is 15.7 Å². The van der Waals surface area contributed by atoms with Crippen LogP contribution in [0.15, 0.2) is 58.5 Å². The molecule has 28 heavy (non-hydrogen) atoms. The lowest BCUT2D eigenvalue weighted by Crippen LogP contribution is -2.17. The third-order valence-corrected chi connectivity index (χ3v) is 4.72. The maximum absolute atomic E-state index is 12.1. The summed E-state index contributed by atoms with van der Waals surface area (Å²) < 4.78 is 0. The van der Waals surface area contributed by atoms with Crippen molar-refractivity contribution in [2.75, 3.05) is 11.1 Å². The van der Waals surface area contributed by atoms with Crippen LogP contribution in [-0.2, 0) is 4.79 Å². The summed E-state index contributed by atoms with van der Waals surface area (Å²) in [7, 11) is 0. The maximum Gasteiger partial charge on any atom is 0.277 e. The number of halogens is 2. The highest BCUT2D eigenvalue weighted by Gasteiger charge is 2.08. The van der Waals surface area contributed by atoms with E-state index in [0.717, 1.165) is 17.3 Å². The summed E-state index contributed by atoms with van der Waals surface area (Å²) >= 11 is 12.9. The minimum absolute atomic E-state index is 0.0357. The van der Waals surface area contributed by atoms with Crippen LogP contribution in [0.4, 0.5) is 5.69 Å². The average molecular weight is 433 g/mol. The van der Waals surface area contributed by atoms with Crippen molar-refractivity contribution < 1.29 is 4.79 Å². The van der Waals surface area contributed by atoms with E-state index < -0.39 is 0 Å². The molecule has 1 heterocycles. The van der Waals surface area contributed by atoms with Crippen LogP contribution in [0.25, 0.3) is 12.2 Å². The number of aromatic nitrogens is 3. The summed E-state index contributed by atoms with van der Waals surface area (Å²) in [6.45, 7) is 0. The summed E-state index contributed by atoms with van der Waals surface area (Å²) in [5.41, 5.74) is 1.24. The second kappa shape index (κ2) is 9.54. The third kappa shape index (κ3) is 5.95. The number of carbonyl (C=O) groups is 1. The first-order valence-corrected chi connectivity index (χ1v) is 9.82. The number of anilines is 1. The molecule has 3 rings (SSSR count). The van der Waals surface area contributed by atoms with Gasteiger partial charge >= 0.3 is 0 Å². The van der Waals surface area contributed by atoms with Gasteiger partial charge in [-0.2, -0.15) is 0 Å². The molecule has 142 valence electrons. The Morgan fingerprint density at radius 3 is 2.46 bits per heavy atom. The van der Waals surface area contributed by atoms with E-state index in [2.05, 4.69) is 20.5 Å². The van der Waals surface area contributed by atoms with Crippen molar-refractivity contribution in [3.05, 3.63) is 80.2 Å². The first kappa shape index (κ1) is 20.1. The lowest BCUT2D eigenvalue weighted by atomic mass is 10.2. The van der Waals surface area contributed by atoms with Gasteiger partial charge in [-0.05, 0) is 29.8 Å². The van der Waals surface area contributed by atoms with Crippen LogP contribution >= 0.6 is 35.0 Å². The van der Waals surface area contributed by atoms with Gasteiger partial charge in [0.2, 0.25) is 5.91 Å². The van der Waals surface area contributed by atoms with Gasteiger partial charge in [0.15, 0.2) is 10.9 Å². The summed E-state index contributed by atoms with van der Waals surface area (Å²) in [4.78, 5) is 26.8. The minimum atomic E-state index is -0.383. The molecule has 0 spiro atoms. The summed E-state index contributed by atoms with van der Waals surface area (Å²) in [6, 6.07) is 14.3. The number of nitrogens with one attached hydrogen (secondary N) is 2. The zero-order valence-electron chi connectivity index (χ0n) is 14.4. The fourth-order valence-corrected chi connectivity index (χ4v) is 3.33. The van der Waals surface area contributed by atoms with Gasteiger partial charge in [0.25, 0.3) is 5.56 Å². The fraction of sp³-hybridized carbons (Fsp3) is 0.0526. The zero-order chi connectivity index (χ0) is 19.9. The number of nitrogens with zero attached hydrogens (tertiary/aromatic N) is 2. The first-order valence-electron chi connectivity index (χ1n) is 8.08. The third-order valence-electron chi connectivity index (χ3n) is 3.42. The molecular weight excluding hydrogens is 419 g/mol. The van der Waals surface area contributed by atoms with E-state index >= 15 is 0 Å². The topological polar surface area (TPSA) is 87.7 Å². The Labute approximate surface area is 175 Å². The molecule has 0 unspecified atom stereocenters. The SMILES string of the molecule is O=C(CSc1nnc(/C=C/c2ccccc2)c(=O)[nH]1)Nc1cc(Cl)cc(Cl)c1. The molecule has 0 aliphatic rings. The quantitative estimate of drug-likeness (QED) is 0.564. The molecule has 1 amide bonds. The van der Waals surface area contributed by atoms with Gasteiger partial charge in [0.05, 0.1) is 5.75 Å². The van der Waals surface area contributed by atoms with E-state index in [1.807, 2.05) is 30.3 Å². The largest absolute Gasteiger partial charge is 0.325 e. The lowest BCUT2D eigenvalue weighted by Gasteiger charge is -2.06. The van der Waals surface area contributed by atoms with Gasteiger partial charge in [0, 0.05) is 15.7 Å². The number of aromatic amines is 1. The molecule has 0 saturated carbocycles. The molecular formula is C19H14Cl2N4O2S. The van der Waals surface area contributed by atoms with Crippen LogP contribution < -0.4 is 10.9 Å². The molecule has 0 aliphatic heterocycles. The molecule has 9 heteroatoms. The molecule has 6 nitrogen and oxygen atoms in total. The van der Waals surface area contributed by atoms with E-state index in [1.54, 1.807) is 30.4 Å². The fourth-order valence-electron chi connectivity index (χ4n) is 2.20. The number of hydrogen-bond acceptors (Lipinski definition) is 5. The van der Waals surface area contributed by atoms with Crippen molar-refractivity contribution in [1.29, 1.82) is 0 Å². The number of amides is 1. The van der Waals surface area contributed by atoms with Gasteiger partial charge in [-0.15, -0.1) is 10.2 Å². The van der Waals surface area contributed by atoms with E-state index in [9.17, 15) is 9.59 Å². The highest BCUT2D eigenvalue weighted by molar-refractivity contribution is 7.99. The monoisotopic (exact) mass is 432 g/mol. The van der Waals surface area contributed by atoms with Gasteiger partial charge < -0.3 is 5.32 Å². The minimum Gasteiger partial charge on any atom is -0.325 e. The van der Waals surface area contributed by atoms with Crippen LogP contribution in [0.5, 0.6) is 0 Å². The predicted octanol–water partition coefficient (Wildman–Crippen LogP) is 4.37. The predicted molar refractivity (Wildman–Crippen MR) is 114 cm³/mol. The molecule has 0 bridgehead atoms. The van der Waals surface area contributed by atoms with Crippen LogP contribution in [0.3, 0.4) is 0 Å². The Hall–Kier alpha value is -2.61. The van der Waals surface area contributed by atoms with Crippen molar-refractivity contribution in [3.63, 3.8) is 0 Å². The van der Waals surface area contributed by atoms with Crippen LogP contribution in [0.2, 0.25) is 10.0 Å². The smallest absolute Gasteiger partial charge is 0.277 e. The highest BCUT2D eigenvalue weighted by Crippen LogP contribution is 2.22. The van der Waals surface area contributed by atoms with Crippen molar-refractivity contribution in [1.82, 2.24) is 15.2 Å². The molecule has 0 saturated heterocycles. The molecule has 1 aromatic heterocycles. The molecule has 0 aliphatic carbocycles. The average Bonchev–Trinajstić information content (AvgIpc) is 2.65. The summed E-state index contributed by atoms with van der Waals surface area (Å²) in [5, 5.41) is 11.6. The van der Waals surface area contributed by atoms with Crippen molar-refractivity contribution >= 4 is 58.7 Å². The Morgan fingerprint density at radius 2 is 1.79 bits per heavy atom. The molecule has 0 atom stereocenters. The normalized spacial score (nSPS) is 10.9. The van der Waals surface area contributed by atoms with Crippen LogP contribution in [0, 0.1) is 0 Å². The molecule has 2 aromatic carbocycles. The number of thioether (sulfide) groups is 1. The van der Waals surface area contributed by atoms with Crippen molar-refractivity contribution in [2.24, 2.45) is 0 Å². The molecule has 0 fully saturated rings. The number of carbonyl (C=O) groups excluding carboxylic acids is 1. The van der Waals surface area contributed by atoms with Gasteiger partial charge in [0.1, 0.15) is 0 Å². The van der Waals surface area contributed by atoms with E-state index in [4.69, 9.17) is 23.2 Å². The standard InChI is InChI=1S/C19H14Cl2N4O2S/c20-13-8-14(21)10-15(9-13)22-17(26)11-28-19-23-18(27)16(24-25-19)7-6-12-4-2-1-3-5-12/h1-10H,11H2,(H,22,26)(H,23,25,27)/b7-6+. The molecule has 0 radical (unpaired) electrons. The summed E-state index contributed by atoms with van der Waals surface area (Å²) in [6.07, 6.45) is 3.36. The van der Waals surface area contributed by atoms with Crippen molar-refractivity contribution in [3.8, 4) is 0 Å². The van der Waals surface area contributed by atoms with Crippen molar-refractivity contribution in [2.45, 2.75) is 5.16 Å². The van der Waals surface area contributed by atoms with Gasteiger partial charge in [-0.25, -0.2) is 0 Å². The molecule has 3 aromatic rings. The first-order chi connectivity index (χ1) is 13.5. The Morgan fingerprint density at radius 1 is 1.07 bits per heavy atom. The highest BCUT2D eigenvalue weighted by atomic mass is 35.5.